The molecule has 3 aromatic rings. The monoisotopic (exact) mass is 227 g/mol. The summed E-state index contributed by atoms with van der Waals surface area (Å²) in [6.45, 7) is 1.91. The Kier molecular flexibility index (Phi) is 2.14. The lowest BCUT2D eigenvalue weighted by Crippen LogP contribution is -1.91. The number of halogens is 1. The van der Waals surface area contributed by atoms with E-state index in [1.807, 2.05) is 25.3 Å². The number of aromatic nitrogens is 3. The predicted molar refractivity (Wildman–Crippen MR) is 63.1 cm³/mol. The summed E-state index contributed by atoms with van der Waals surface area (Å²) in [5, 5.41) is 4.28. The first-order valence-electron chi connectivity index (χ1n) is 5.30. The summed E-state index contributed by atoms with van der Waals surface area (Å²) >= 11 is 0. The van der Waals surface area contributed by atoms with Crippen molar-refractivity contribution >= 4 is 5.65 Å². The van der Waals surface area contributed by atoms with E-state index < -0.39 is 0 Å². The fourth-order valence-electron chi connectivity index (χ4n) is 1.81. The van der Waals surface area contributed by atoms with Crippen molar-refractivity contribution in [2.24, 2.45) is 0 Å². The van der Waals surface area contributed by atoms with E-state index in [-0.39, 0.29) is 5.82 Å². The van der Waals surface area contributed by atoms with E-state index in [0.717, 1.165) is 22.5 Å². The van der Waals surface area contributed by atoms with Gasteiger partial charge in [0.25, 0.3) is 0 Å². The van der Waals surface area contributed by atoms with E-state index in [2.05, 4.69) is 10.1 Å². The average molecular weight is 227 g/mol. The molecule has 0 saturated carbocycles. The Morgan fingerprint density at radius 1 is 1.18 bits per heavy atom. The Bertz CT molecular complexity index is 688. The SMILES string of the molecule is Cc1cc2ncc(-c3cccc(F)c3)cn2n1. The number of benzene rings is 1. The lowest BCUT2D eigenvalue weighted by atomic mass is 10.1. The van der Waals surface area contributed by atoms with Gasteiger partial charge >= 0.3 is 0 Å². The lowest BCUT2D eigenvalue weighted by molar-refractivity contribution is 0.628. The second kappa shape index (κ2) is 3.66. The van der Waals surface area contributed by atoms with Crippen LogP contribution in [0, 0.1) is 12.7 Å². The molecule has 3 rings (SSSR count). The van der Waals surface area contributed by atoms with E-state index in [0.29, 0.717) is 0 Å². The summed E-state index contributed by atoms with van der Waals surface area (Å²) in [4.78, 5) is 4.29. The highest BCUT2D eigenvalue weighted by atomic mass is 19.1. The first-order chi connectivity index (χ1) is 8.22. The molecular weight excluding hydrogens is 217 g/mol. The van der Waals surface area contributed by atoms with Gasteiger partial charge < -0.3 is 0 Å². The number of fused-ring (bicyclic) bond motifs is 1. The molecule has 2 aromatic heterocycles. The minimum absolute atomic E-state index is 0.251. The van der Waals surface area contributed by atoms with E-state index in [1.165, 1.54) is 12.1 Å². The third kappa shape index (κ3) is 1.78. The van der Waals surface area contributed by atoms with Crippen LogP contribution in [-0.2, 0) is 0 Å². The van der Waals surface area contributed by atoms with Crippen molar-refractivity contribution in [2.75, 3.05) is 0 Å². The van der Waals surface area contributed by atoms with Crippen molar-refractivity contribution in [1.29, 1.82) is 0 Å². The molecule has 0 fully saturated rings. The van der Waals surface area contributed by atoms with Crippen LogP contribution in [0.1, 0.15) is 5.69 Å². The summed E-state index contributed by atoms with van der Waals surface area (Å²) in [7, 11) is 0. The summed E-state index contributed by atoms with van der Waals surface area (Å²) < 4.78 is 14.8. The van der Waals surface area contributed by atoms with Crippen molar-refractivity contribution in [3.05, 3.63) is 54.2 Å². The van der Waals surface area contributed by atoms with Crippen LogP contribution >= 0.6 is 0 Å². The molecule has 84 valence electrons. The Morgan fingerprint density at radius 3 is 2.88 bits per heavy atom. The molecule has 17 heavy (non-hydrogen) atoms. The molecule has 0 spiro atoms. The lowest BCUT2D eigenvalue weighted by Gasteiger charge is -2.01. The van der Waals surface area contributed by atoms with Crippen LogP contribution in [0.5, 0.6) is 0 Å². The molecule has 0 N–H and O–H groups in total. The van der Waals surface area contributed by atoms with Crippen molar-refractivity contribution in [3.8, 4) is 11.1 Å². The van der Waals surface area contributed by atoms with Crippen molar-refractivity contribution in [2.45, 2.75) is 6.92 Å². The molecule has 0 aliphatic heterocycles. The van der Waals surface area contributed by atoms with Crippen LogP contribution in [0.4, 0.5) is 4.39 Å². The van der Waals surface area contributed by atoms with Crippen LogP contribution in [0.15, 0.2) is 42.7 Å². The summed E-state index contributed by atoms with van der Waals surface area (Å²) in [5.74, 6) is -0.251. The molecule has 4 heteroatoms. The van der Waals surface area contributed by atoms with Crippen molar-refractivity contribution in [3.63, 3.8) is 0 Å². The van der Waals surface area contributed by atoms with Gasteiger partial charge in [0, 0.05) is 24.0 Å². The van der Waals surface area contributed by atoms with Gasteiger partial charge in [-0.25, -0.2) is 13.9 Å². The van der Waals surface area contributed by atoms with E-state index >= 15 is 0 Å². The highest BCUT2D eigenvalue weighted by molar-refractivity contribution is 5.62. The minimum atomic E-state index is -0.251. The maximum Gasteiger partial charge on any atom is 0.155 e. The smallest absolute Gasteiger partial charge is 0.155 e. The third-order valence-electron chi connectivity index (χ3n) is 2.59. The first-order valence-corrected chi connectivity index (χ1v) is 5.30. The number of nitrogens with zero attached hydrogens (tertiary/aromatic N) is 3. The molecule has 2 heterocycles. The molecule has 0 saturated heterocycles. The van der Waals surface area contributed by atoms with Gasteiger partial charge in [-0.2, -0.15) is 5.10 Å². The highest BCUT2D eigenvalue weighted by Gasteiger charge is 2.03. The fourth-order valence-corrected chi connectivity index (χ4v) is 1.81. The van der Waals surface area contributed by atoms with Gasteiger partial charge in [0.05, 0.1) is 5.69 Å². The quantitative estimate of drug-likeness (QED) is 0.640. The molecule has 0 radical (unpaired) electrons. The van der Waals surface area contributed by atoms with Crippen LogP contribution in [0.25, 0.3) is 16.8 Å². The molecule has 0 unspecified atom stereocenters. The molecule has 0 aliphatic carbocycles. The van der Waals surface area contributed by atoms with Gasteiger partial charge in [0.15, 0.2) is 5.65 Å². The van der Waals surface area contributed by atoms with Gasteiger partial charge in [0.2, 0.25) is 0 Å². The third-order valence-corrected chi connectivity index (χ3v) is 2.59. The minimum Gasteiger partial charge on any atom is -0.236 e. The van der Waals surface area contributed by atoms with Crippen LogP contribution in [0.3, 0.4) is 0 Å². The van der Waals surface area contributed by atoms with E-state index in [9.17, 15) is 4.39 Å². The Hall–Kier alpha value is -2.23. The Balaban J connectivity index is 2.17. The summed E-state index contributed by atoms with van der Waals surface area (Å²) in [5.41, 5.74) is 3.35. The number of rotatable bonds is 1. The highest BCUT2D eigenvalue weighted by Crippen LogP contribution is 2.19. The second-order valence-corrected chi connectivity index (χ2v) is 3.94. The predicted octanol–water partition coefficient (Wildman–Crippen LogP) is 2.84. The topological polar surface area (TPSA) is 30.2 Å². The molecule has 0 bridgehead atoms. The largest absolute Gasteiger partial charge is 0.236 e. The molecular formula is C13H10FN3. The van der Waals surface area contributed by atoms with Crippen LogP contribution in [-0.4, -0.2) is 14.6 Å². The molecule has 3 nitrogen and oxygen atoms in total. The number of hydrogen-bond donors (Lipinski definition) is 0. The zero-order valence-electron chi connectivity index (χ0n) is 9.26. The zero-order valence-corrected chi connectivity index (χ0v) is 9.26. The Morgan fingerprint density at radius 2 is 2.06 bits per heavy atom. The number of aryl methyl sites for hydroxylation is 1. The van der Waals surface area contributed by atoms with Crippen LogP contribution in [0.2, 0.25) is 0 Å². The number of hydrogen-bond acceptors (Lipinski definition) is 2. The van der Waals surface area contributed by atoms with Crippen molar-refractivity contribution in [1.82, 2.24) is 14.6 Å². The van der Waals surface area contributed by atoms with Gasteiger partial charge in [-0.15, -0.1) is 0 Å². The average Bonchev–Trinajstić information content (AvgIpc) is 2.68. The molecule has 0 amide bonds. The maximum absolute atomic E-state index is 13.1. The molecule has 0 atom stereocenters. The standard InChI is InChI=1S/C13H10FN3/c1-9-5-13-15-7-11(8-17(13)16-9)10-3-2-4-12(14)6-10/h2-8H,1H3. The summed E-state index contributed by atoms with van der Waals surface area (Å²) in [6.07, 6.45) is 3.58. The van der Waals surface area contributed by atoms with Crippen molar-refractivity contribution < 1.29 is 4.39 Å². The maximum atomic E-state index is 13.1. The van der Waals surface area contributed by atoms with Crippen LogP contribution < -0.4 is 0 Å². The van der Waals surface area contributed by atoms with Gasteiger partial charge in [-0.1, -0.05) is 12.1 Å². The molecule has 0 aliphatic rings. The van der Waals surface area contributed by atoms with E-state index in [1.54, 1.807) is 16.8 Å². The normalized spacial score (nSPS) is 10.9. The first kappa shape index (κ1) is 9.96. The fraction of sp³-hybridized carbons (Fsp3) is 0.0769. The van der Waals surface area contributed by atoms with E-state index in [4.69, 9.17) is 0 Å². The zero-order chi connectivity index (χ0) is 11.8. The second-order valence-electron chi connectivity index (χ2n) is 3.94. The summed E-state index contributed by atoms with van der Waals surface area (Å²) in [6, 6.07) is 8.34. The molecule has 1 aromatic carbocycles. The Labute approximate surface area is 97.5 Å². The van der Waals surface area contributed by atoms with Gasteiger partial charge in [0.1, 0.15) is 5.82 Å². The van der Waals surface area contributed by atoms with Gasteiger partial charge in [-0.3, -0.25) is 0 Å². The van der Waals surface area contributed by atoms with Gasteiger partial charge in [-0.05, 0) is 24.6 Å².